The molecule has 1 saturated heterocycles. The van der Waals surface area contributed by atoms with Crippen LogP contribution in [0.4, 0.5) is 5.69 Å². The summed E-state index contributed by atoms with van der Waals surface area (Å²) in [4.78, 5) is 44.4. The van der Waals surface area contributed by atoms with Gasteiger partial charge in [0.1, 0.15) is 11.4 Å². The van der Waals surface area contributed by atoms with E-state index in [1.165, 1.54) is 7.11 Å². The van der Waals surface area contributed by atoms with E-state index < -0.39 is 0 Å². The van der Waals surface area contributed by atoms with E-state index in [1.54, 1.807) is 11.0 Å². The Morgan fingerprint density at radius 3 is 2.50 bits per heavy atom. The molecule has 1 aliphatic rings. The second-order valence-corrected chi connectivity index (χ2v) is 8.37. The Labute approximate surface area is 198 Å². The Balaban J connectivity index is 1.21. The zero-order valence-electron chi connectivity index (χ0n) is 19.4. The fourth-order valence-electron chi connectivity index (χ4n) is 4.02. The Bertz CT molecular complexity index is 1160. The number of para-hydroxylation sites is 1. The van der Waals surface area contributed by atoms with E-state index >= 15 is 0 Å². The number of nitrogens with zero attached hydrogens (tertiary/aromatic N) is 2. The monoisotopic (exact) mass is 463 g/mol. The van der Waals surface area contributed by atoms with E-state index in [0.717, 1.165) is 16.5 Å². The van der Waals surface area contributed by atoms with E-state index in [0.29, 0.717) is 43.3 Å². The molecule has 3 amide bonds. The number of anilines is 1. The number of aryl methyl sites for hydroxylation is 1. The van der Waals surface area contributed by atoms with Crippen LogP contribution < -0.4 is 15.4 Å². The molecule has 1 aliphatic heterocycles. The number of rotatable bonds is 7. The molecule has 0 saturated carbocycles. The lowest BCUT2D eigenvalue weighted by Crippen LogP contribution is -2.51. The van der Waals surface area contributed by atoms with Gasteiger partial charge < -0.3 is 25.3 Å². The Kier molecular flexibility index (Phi) is 7.12. The van der Waals surface area contributed by atoms with E-state index in [4.69, 9.17) is 4.74 Å². The van der Waals surface area contributed by atoms with Crippen LogP contribution in [0.3, 0.4) is 0 Å². The highest BCUT2D eigenvalue weighted by molar-refractivity contribution is 5.98. The maximum atomic E-state index is 12.8. The van der Waals surface area contributed by atoms with Crippen molar-refractivity contribution in [3.63, 3.8) is 0 Å². The highest BCUT2D eigenvalue weighted by Crippen LogP contribution is 2.25. The fraction of sp³-hybridized carbons (Fsp3) is 0.320. The molecule has 1 fully saturated rings. The number of nitrogens with one attached hydrogen (secondary N) is 3. The maximum Gasteiger partial charge on any atom is 0.270 e. The van der Waals surface area contributed by atoms with Crippen molar-refractivity contribution in [2.75, 3.05) is 51.7 Å². The van der Waals surface area contributed by atoms with Gasteiger partial charge in [-0.15, -0.1) is 0 Å². The minimum atomic E-state index is -0.328. The standard InChI is InChI=1S/C25H29N5O4/c1-17-7-8-22(34-2)20(13-17)28-23(31)15-26-24(32)16-29-9-11-30(12-10-29)25(33)21-14-18-5-3-4-6-19(18)27-21/h3-8,13-14,27H,9-12,15-16H2,1-2H3,(H,26,32)(H,28,31). The molecule has 0 spiro atoms. The summed E-state index contributed by atoms with van der Waals surface area (Å²) in [5.74, 6) is -0.0403. The third-order valence-corrected chi connectivity index (χ3v) is 5.86. The maximum absolute atomic E-state index is 12.8. The largest absolute Gasteiger partial charge is 0.495 e. The van der Waals surface area contributed by atoms with Gasteiger partial charge in [0, 0.05) is 37.1 Å². The molecule has 0 radical (unpaired) electrons. The molecule has 0 unspecified atom stereocenters. The first-order valence-electron chi connectivity index (χ1n) is 11.2. The van der Waals surface area contributed by atoms with Crippen molar-refractivity contribution in [1.29, 1.82) is 0 Å². The van der Waals surface area contributed by atoms with Crippen LogP contribution in [-0.4, -0.2) is 78.9 Å². The number of fused-ring (bicyclic) bond motifs is 1. The van der Waals surface area contributed by atoms with Crippen LogP contribution in [0.15, 0.2) is 48.5 Å². The molecule has 2 aromatic carbocycles. The van der Waals surface area contributed by atoms with Crippen molar-refractivity contribution in [3.8, 4) is 5.75 Å². The molecule has 9 nitrogen and oxygen atoms in total. The topological polar surface area (TPSA) is 107 Å². The molecule has 3 N–H and O–H groups in total. The van der Waals surface area contributed by atoms with Gasteiger partial charge in [0.15, 0.2) is 0 Å². The summed E-state index contributed by atoms with van der Waals surface area (Å²) >= 11 is 0. The number of aromatic nitrogens is 1. The first kappa shape index (κ1) is 23.3. The number of benzene rings is 2. The number of carbonyl (C=O) groups excluding carboxylic acids is 3. The lowest BCUT2D eigenvalue weighted by atomic mass is 10.2. The smallest absolute Gasteiger partial charge is 0.270 e. The lowest BCUT2D eigenvalue weighted by molar-refractivity contribution is -0.125. The first-order chi connectivity index (χ1) is 16.4. The van der Waals surface area contributed by atoms with Crippen molar-refractivity contribution in [3.05, 3.63) is 59.8 Å². The van der Waals surface area contributed by atoms with E-state index in [2.05, 4.69) is 15.6 Å². The molecule has 4 rings (SSSR count). The van der Waals surface area contributed by atoms with E-state index in [1.807, 2.05) is 54.3 Å². The molecule has 0 aliphatic carbocycles. The normalized spacial score (nSPS) is 14.1. The minimum Gasteiger partial charge on any atom is -0.495 e. The predicted molar refractivity (Wildman–Crippen MR) is 130 cm³/mol. The van der Waals surface area contributed by atoms with Crippen LogP contribution in [-0.2, 0) is 9.59 Å². The zero-order chi connectivity index (χ0) is 24.1. The van der Waals surface area contributed by atoms with Crippen molar-refractivity contribution in [1.82, 2.24) is 20.1 Å². The summed E-state index contributed by atoms with van der Waals surface area (Å²) in [6.45, 7) is 4.22. The third-order valence-electron chi connectivity index (χ3n) is 5.86. The zero-order valence-corrected chi connectivity index (χ0v) is 19.4. The van der Waals surface area contributed by atoms with Crippen molar-refractivity contribution in [2.45, 2.75) is 6.92 Å². The number of ether oxygens (including phenoxy) is 1. The fourth-order valence-corrected chi connectivity index (χ4v) is 4.02. The molecule has 3 aromatic rings. The number of piperazine rings is 1. The number of carbonyl (C=O) groups is 3. The van der Waals surface area contributed by atoms with Gasteiger partial charge in [-0.05, 0) is 36.8 Å². The lowest BCUT2D eigenvalue weighted by Gasteiger charge is -2.34. The summed E-state index contributed by atoms with van der Waals surface area (Å²) in [6, 6.07) is 15.1. The van der Waals surface area contributed by atoms with Gasteiger partial charge in [0.2, 0.25) is 11.8 Å². The predicted octanol–water partition coefficient (Wildman–Crippen LogP) is 2.00. The molecular weight excluding hydrogens is 434 g/mol. The summed E-state index contributed by atoms with van der Waals surface area (Å²) in [7, 11) is 1.54. The van der Waals surface area contributed by atoms with Crippen LogP contribution in [0, 0.1) is 6.92 Å². The second kappa shape index (κ2) is 10.4. The Hall–Kier alpha value is -3.85. The number of hydrogen-bond acceptors (Lipinski definition) is 5. The molecule has 34 heavy (non-hydrogen) atoms. The summed E-state index contributed by atoms with van der Waals surface area (Å²) in [5.41, 5.74) is 3.06. The second-order valence-electron chi connectivity index (χ2n) is 8.37. The minimum absolute atomic E-state index is 0.0384. The van der Waals surface area contributed by atoms with Crippen LogP contribution in [0.1, 0.15) is 16.1 Å². The average molecular weight is 464 g/mol. The van der Waals surface area contributed by atoms with Gasteiger partial charge in [-0.3, -0.25) is 19.3 Å². The Morgan fingerprint density at radius 2 is 1.76 bits per heavy atom. The molecular formula is C25H29N5O4. The van der Waals surface area contributed by atoms with E-state index in [9.17, 15) is 14.4 Å². The van der Waals surface area contributed by atoms with Crippen molar-refractivity contribution in [2.24, 2.45) is 0 Å². The number of H-pyrrole nitrogens is 1. The van der Waals surface area contributed by atoms with Crippen molar-refractivity contribution >= 4 is 34.3 Å². The first-order valence-corrected chi connectivity index (χ1v) is 11.2. The molecule has 2 heterocycles. The van der Waals surface area contributed by atoms with Gasteiger partial charge in [-0.1, -0.05) is 24.3 Å². The van der Waals surface area contributed by atoms with Crippen LogP contribution in [0.5, 0.6) is 5.75 Å². The summed E-state index contributed by atoms with van der Waals surface area (Å²) in [6.07, 6.45) is 0. The molecule has 178 valence electrons. The van der Waals surface area contributed by atoms with Crippen LogP contribution in [0.2, 0.25) is 0 Å². The van der Waals surface area contributed by atoms with Gasteiger partial charge in [-0.25, -0.2) is 0 Å². The van der Waals surface area contributed by atoms with Crippen molar-refractivity contribution < 1.29 is 19.1 Å². The van der Waals surface area contributed by atoms with Gasteiger partial charge in [-0.2, -0.15) is 0 Å². The van der Waals surface area contributed by atoms with Gasteiger partial charge in [0.25, 0.3) is 5.91 Å². The quantitative estimate of drug-likeness (QED) is 0.497. The van der Waals surface area contributed by atoms with Gasteiger partial charge in [0.05, 0.1) is 25.9 Å². The highest BCUT2D eigenvalue weighted by Gasteiger charge is 2.24. The number of hydrogen-bond donors (Lipinski definition) is 3. The molecule has 0 bridgehead atoms. The summed E-state index contributed by atoms with van der Waals surface area (Å²) < 4.78 is 5.26. The van der Waals surface area contributed by atoms with Crippen LogP contribution in [0.25, 0.3) is 10.9 Å². The van der Waals surface area contributed by atoms with E-state index in [-0.39, 0.29) is 30.8 Å². The van der Waals surface area contributed by atoms with Crippen LogP contribution >= 0.6 is 0 Å². The Morgan fingerprint density at radius 1 is 1.00 bits per heavy atom. The average Bonchev–Trinajstić information content (AvgIpc) is 3.27. The summed E-state index contributed by atoms with van der Waals surface area (Å²) in [5, 5.41) is 6.43. The number of amides is 3. The molecule has 0 atom stereocenters. The number of methoxy groups -OCH3 is 1. The SMILES string of the molecule is COc1ccc(C)cc1NC(=O)CNC(=O)CN1CCN(C(=O)c2cc3ccccc3[nH]2)CC1. The number of aromatic amines is 1. The molecule has 9 heteroatoms. The third kappa shape index (κ3) is 5.55. The molecule has 1 aromatic heterocycles. The van der Waals surface area contributed by atoms with Gasteiger partial charge >= 0.3 is 0 Å². The highest BCUT2D eigenvalue weighted by atomic mass is 16.5.